The number of aliphatic carboxylic acids is 1. The van der Waals surface area contributed by atoms with Gasteiger partial charge in [0.1, 0.15) is 0 Å². The normalized spacial score (nSPS) is 23.5. The summed E-state index contributed by atoms with van der Waals surface area (Å²) in [5, 5.41) is 11.9. The van der Waals surface area contributed by atoms with Gasteiger partial charge in [0.25, 0.3) is 0 Å². The van der Waals surface area contributed by atoms with E-state index in [4.69, 9.17) is 5.11 Å². The van der Waals surface area contributed by atoms with E-state index < -0.39 is 42.5 Å². The lowest BCUT2D eigenvalue weighted by atomic mass is 9.96. The van der Waals surface area contributed by atoms with Crippen molar-refractivity contribution in [2.45, 2.75) is 39.0 Å². The smallest absolute Gasteiger partial charge is 0.393 e. The number of hydrogen-bond donors (Lipinski definition) is 2. The Kier molecular flexibility index (Phi) is 5.95. The number of benzene rings is 1. The lowest BCUT2D eigenvalue weighted by Gasteiger charge is -2.26. The van der Waals surface area contributed by atoms with Crippen molar-refractivity contribution in [3.8, 4) is 0 Å². The lowest BCUT2D eigenvalue weighted by Crippen LogP contribution is -2.45. The van der Waals surface area contributed by atoms with Crippen molar-refractivity contribution in [3.63, 3.8) is 0 Å². The number of rotatable bonds is 5. The molecule has 2 N–H and O–H groups in total. The summed E-state index contributed by atoms with van der Waals surface area (Å²) in [4.78, 5) is 24.9. The predicted octanol–water partition coefficient (Wildman–Crippen LogP) is 2.76. The number of likely N-dealkylation sites (tertiary alicyclic amines) is 1. The highest BCUT2D eigenvalue weighted by Crippen LogP contribution is 2.38. The van der Waals surface area contributed by atoms with Crippen molar-refractivity contribution in [2.75, 3.05) is 13.1 Å². The lowest BCUT2D eigenvalue weighted by molar-refractivity contribution is -0.188. The van der Waals surface area contributed by atoms with Crippen LogP contribution in [-0.2, 0) is 9.59 Å². The Morgan fingerprint density at radius 1 is 1.23 bits per heavy atom. The summed E-state index contributed by atoms with van der Waals surface area (Å²) >= 11 is 0. The molecule has 2 unspecified atom stereocenters. The van der Waals surface area contributed by atoms with E-state index in [2.05, 4.69) is 5.32 Å². The highest BCUT2D eigenvalue weighted by atomic mass is 19.4. The number of nitrogens with zero attached hydrogens (tertiary/aromatic N) is 1. The van der Waals surface area contributed by atoms with Crippen LogP contribution < -0.4 is 5.32 Å². The average Bonchev–Trinajstić information content (AvgIpc) is 3.00. The van der Waals surface area contributed by atoms with E-state index in [1.807, 2.05) is 31.2 Å². The first-order valence-corrected chi connectivity index (χ1v) is 8.41. The summed E-state index contributed by atoms with van der Waals surface area (Å²) in [7, 11) is 0. The molecular formula is C18H23F3N2O3. The Balaban J connectivity index is 2.06. The first-order valence-electron chi connectivity index (χ1n) is 8.41. The van der Waals surface area contributed by atoms with Crippen LogP contribution in [0.25, 0.3) is 0 Å². The number of halogens is 3. The fourth-order valence-corrected chi connectivity index (χ4v) is 3.38. The number of carbonyl (C=O) groups is 2. The molecule has 1 heterocycles. The van der Waals surface area contributed by atoms with Gasteiger partial charge in [-0.25, -0.2) is 0 Å². The van der Waals surface area contributed by atoms with Crippen LogP contribution in [-0.4, -0.2) is 47.2 Å². The Labute approximate surface area is 150 Å². The standard InChI is InChI=1S/C18H23F3N2O3/c1-10-6-4-5-7-13(10)11(2)22-16(24)12(3)23-8-14(17(25)26)15(9-23)18(19,20)21/h4-7,11-12,14-15H,8-9H2,1-3H3,(H,22,24)(H,25,26)/t11?,12?,14-,15-/m1/s1. The topological polar surface area (TPSA) is 69.6 Å². The van der Waals surface area contributed by atoms with Gasteiger partial charge in [-0.05, 0) is 31.9 Å². The van der Waals surface area contributed by atoms with Gasteiger partial charge in [-0.2, -0.15) is 13.2 Å². The van der Waals surface area contributed by atoms with Crippen molar-refractivity contribution in [3.05, 3.63) is 35.4 Å². The zero-order valence-electron chi connectivity index (χ0n) is 14.9. The maximum Gasteiger partial charge on any atom is 0.393 e. The second-order valence-corrected chi connectivity index (χ2v) is 6.81. The Morgan fingerprint density at radius 2 is 1.85 bits per heavy atom. The number of carbonyl (C=O) groups excluding carboxylic acids is 1. The number of aryl methyl sites for hydroxylation is 1. The summed E-state index contributed by atoms with van der Waals surface area (Å²) in [5.41, 5.74) is 1.92. The first-order chi connectivity index (χ1) is 12.0. The molecule has 0 aromatic heterocycles. The summed E-state index contributed by atoms with van der Waals surface area (Å²) in [6, 6.07) is 6.36. The maximum absolute atomic E-state index is 13.1. The van der Waals surface area contributed by atoms with Crippen molar-refractivity contribution >= 4 is 11.9 Å². The molecule has 0 spiro atoms. The monoisotopic (exact) mass is 372 g/mol. The van der Waals surface area contributed by atoms with Gasteiger partial charge in [-0.3, -0.25) is 14.5 Å². The first kappa shape index (κ1) is 20.2. The minimum absolute atomic E-state index is 0.299. The van der Waals surface area contributed by atoms with Crippen LogP contribution in [0.2, 0.25) is 0 Å². The number of amides is 1. The van der Waals surface area contributed by atoms with E-state index in [9.17, 15) is 22.8 Å². The van der Waals surface area contributed by atoms with Crippen molar-refractivity contribution < 1.29 is 27.9 Å². The third-order valence-electron chi connectivity index (χ3n) is 5.03. The van der Waals surface area contributed by atoms with Gasteiger partial charge < -0.3 is 10.4 Å². The fourth-order valence-electron chi connectivity index (χ4n) is 3.38. The second-order valence-electron chi connectivity index (χ2n) is 6.81. The highest BCUT2D eigenvalue weighted by molar-refractivity contribution is 5.82. The van der Waals surface area contributed by atoms with Crippen LogP contribution in [0, 0.1) is 18.8 Å². The molecule has 1 saturated heterocycles. The van der Waals surface area contributed by atoms with Crippen LogP contribution in [0.5, 0.6) is 0 Å². The van der Waals surface area contributed by atoms with E-state index in [0.717, 1.165) is 11.1 Å². The summed E-state index contributed by atoms with van der Waals surface area (Å²) in [5.74, 6) is -5.44. The van der Waals surface area contributed by atoms with Crippen molar-refractivity contribution in [2.24, 2.45) is 11.8 Å². The number of carboxylic acids is 1. The second kappa shape index (κ2) is 7.65. The van der Waals surface area contributed by atoms with E-state index in [-0.39, 0.29) is 12.6 Å². The van der Waals surface area contributed by atoms with Gasteiger partial charge in [0, 0.05) is 13.1 Å². The molecule has 1 aromatic carbocycles. The molecule has 5 nitrogen and oxygen atoms in total. The van der Waals surface area contributed by atoms with Crippen LogP contribution in [0.1, 0.15) is 31.0 Å². The molecular weight excluding hydrogens is 349 g/mol. The molecule has 0 saturated carbocycles. The highest BCUT2D eigenvalue weighted by Gasteiger charge is 2.53. The average molecular weight is 372 g/mol. The van der Waals surface area contributed by atoms with Gasteiger partial charge >= 0.3 is 12.1 Å². The predicted molar refractivity (Wildman–Crippen MR) is 89.4 cm³/mol. The third kappa shape index (κ3) is 4.35. The molecule has 8 heteroatoms. The van der Waals surface area contributed by atoms with Crippen molar-refractivity contribution in [1.29, 1.82) is 0 Å². The molecule has 1 fully saturated rings. The molecule has 0 bridgehead atoms. The molecule has 4 atom stereocenters. The quantitative estimate of drug-likeness (QED) is 0.834. The number of carboxylic acid groups (broad SMARTS) is 1. The van der Waals surface area contributed by atoms with Gasteiger partial charge in [0.2, 0.25) is 5.91 Å². The van der Waals surface area contributed by atoms with Crippen LogP contribution in [0.3, 0.4) is 0 Å². The maximum atomic E-state index is 13.1. The molecule has 1 aliphatic heterocycles. The largest absolute Gasteiger partial charge is 0.481 e. The van der Waals surface area contributed by atoms with Crippen molar-refractivity contribution in [1.82, 2.24) is 10.2 Å². The third-order valence-corrected chi connectivity index (χ3v) is 5.03. The van der Waals surface area contributed by atoms with Gasteiger partial charge in [0.05, 0.1) is 23.9 Å². The SMILES string of the molecule is Cc1ccccc1C(C)NC(=O)C(C)N1C[C@@H](C(F)(F)F)[C@H](C(=O)O)C1. The Morgan fingerprint density at radius 3 is 2.35 bits per heavy atom. The number of nitrogens with one attached hydrogen (secondary N) is 1. The molecule has 1 aromatic rings. The fraction of sp³-hybridized carbons (Fsp3) is 0.556. The summed E-state index contributed by atoms with van der Waals surface area (Å²) in [6.07, 6.45) is -4.61. The Bertz CT molecular complexity index is 678. The van der Waals surface area contributed by atoms with Gasteiger partial charge in [-0.1, -0.05) is 24.3 Å². The van der Waals surface area contributed by atoms with Crippen LogP contribution >= 0.6 is 0 Å². The minimum atomic E-state index is -4.61. The van der Waals surface area contributed by atoms with E-state index in [0.29, 0.717) is 0 Å². The zero-order valence-corrected chi connectivity index (χ0v) is 14.9. The zero-order chi connectivity index (χ0) is 19.6. The number of hydrogen-bond acceptors (Lipinski definition) is 3. The van der Waals surface area contributed by atoms with E-state index in [1.54, 1.807) is 6.92 Å². The van der Waals surface area contributed by atoms with Gasteiger partial charge in [-0.15, -0.1) is 0 Å². The minimum Gasteiger partial charge on any atom is -0.481 e. The molecule has 1 amide bonds. The summed E-state index contributed by atoms with van der Waals surface area (Å²) < 4.78 is 39.3. The molecule has 0 aliphatic carbocycles. The molecule has 0 radical (unpaired) electrons. The molecule has 26 heavy (non-hydrogen) atoms. The van der Waals surface area contributed by atoms with E-state index >= 15 is 0 Å². The number of alkyl halides is 3. The van der Waals surface area contributed by atoms with E-state index in [1.165, 1.54) is 11.8 Å². The van der Waals surface area contributed by atoms with Crippen LogP contribution in [0.15, 0.2) is 24.3 Å². The molecule has 2 rings (SSSR count). The van der Waals surface area contributed by atoms with Gasteiger partial charge in [0.15, 0.2) is 0 Å². The van der Waals surface area contributed by atoms with Crippen LogP contribution in [0.4, 0.5) is 13.2 Å². The molecule has 144 valence electrons. The summed E-state index contributed by atoms with van der Waals surface area (Å²) in [6.45, 7) is 4.42. The molecule has 1 aliphatic rings. The Hall–Kier alpha value is -2.09.